The maximum atomic E-state index is 13.4. The van der Waals surface area contributed by atoms with E-state index in [1.807, 2.05) is 49.4 Å². The van der Waals surface area contributed by atoms with Crippen LogP contribution in [0.3, 0.4) is 0 Å². The molecule has 0 heterocycles. The van der Waals surface area contributed by atoms with Gasteiger partial charge < -0.3 is 9.47 Å². The molecule has 0 aliphatic carbocycles. The third-order valence-electron chi connectivity index (χ3n) is 5.45. The highest BCUT2D eigenvalue weighted by molar-refractivity contribution is 7.89. The highest BCUT2D eigenvalue weighted by atomic mass is 32.2. The van der Waals surface area contributed by atoms with E-state index in [1.54, 1.807) is 26.0 Å². The van der Waals surface area contributed by atoms with Crippen LogP contribution in [0.15, 0.2) is 59.5 Å². The van der Waals surface area contributed by atoms with Crippen LogP contribution < -0.4 is 4.72 Å². The smallest absolute Gasteiger partial charge is 0.312 e. The molecule has 34 heavy (non-hydrogen) atoms. The maximum absolute atomic E-state index is 13.4. The minimum Gasteiger partial charge on any atom is -0.469 e. The van der Waals surface area contributed by atoms with E-state index in [9.17, 15) is 18.0 Å². The van der Waals surface area contributed by atoms with Crippen molar-refractivity contribution in [2.75, 3.05) is 14.2 Å². The molecule has 0 saturated carbocycles. The van der Waals surface area contributed by atoms with Crippen LogP contribution in [0, 0.1) is 26.7 Å². The van der Waals surface area contributed by atoms with Gasteiger partial charge in [0, 0.05) is 12.5 Å². The Morgan fingerprint density at radius 1 is 0.971 bits per heavy atom. The van der Waals surface area contributed by atoms with Gasteiger partial charge in [-0.25, -0.2) is 13.1 Å². The zero-order chi connectivity index (χ0) is 25.3. The summed E-state index contributed by atoms with van der Waals surface area (Å²) in [4.78, 5) is 24.0. The number of rotatable bonds is 11. The van der Waals surface area contributed by atoms with Gasteiger partial charge in [0.25, 0.3) is 0 Å². The van der Waals surface area contributed by atoms with Gasteiger partial charge in [0.2, 0.25) is 10.0 Å². The average Bonchev–Trinajstić information content (AvgIpc) is 2.77. The molecule has 2 unspecified atom stereocenters. The molecule has 0 aliphatic rings. The van der Waals surface area contributed by atoms with Crippen molar-refractivity contribution in [2.45, 2.75) is 51.0 Å². The number of benzene rings is 2. The molecular formula is C26H33NO6S. The number of methoxy groups -OCH3 is 2. The Labute approximate surface area is 202 Å². The summed E-state index contributed by atoms with van der Waals surface area (Å²) >= 11 is 0. The zero-order valence-corrected chi connectivity index (χ0v) is 21.1. The number of nitrogens with one attached hydrogen (secondary N) is 1. The van der Waals surface area contributed by atoms with Gasteiger partial charge in [0.1, 0.15) is 0 Å². The van der Waals surface area contributed by atoms with E-state index in [2.05, 4.69) is 9.46 Å². The van der Waals surface area contributed by atoms with E-state index < -0.39 is 33.9 Å². The largest absolute Gasteiger partial charge is 0.469 e. The second-order valence-electron chi connectivity index (χ2n) is 8.27. The van der Waals surface area contributed by atoms with Crippen LogP contribution in [-0.4, -0.2) is 40.6 Å². The lowest BCUT2D eigenvalue weighted by molar-refractivity contribution is -0.145. The van der Waals surface area contributed by atoms with Gasteiger partial charge >= 0.3 is 11.9 Å². The Hall–Kier alpha value is -2.97. The molecule has 0 aliphatic heterocycles. The molecule has 7 nitrogen and oxygen atoms in total. The molecule has 0 fully saturated rings. The van der Waals surface area contributed by atoms with E-state index >= 15 is 0 Å². The summed E-state index contributed by atoms with van der Waals surface area (Å²) in [5, 5.41) is 0. The van der Waals surface area contributed by atoms with Crippen LogP contribution >= 0.6 is 0 Å². The van der Waals surface area contributed by atoms with Gasteiger partial charge in [-0.3, -0.25) is 9.59 Å². The highest BCUT2D eigenvalue weighted by Crippen LogP contribution is 2.23. The molecule has 2 aromatic carbocycles. The normalized spacial score (nSPS) is 13.4. The lowest BCUT2D eigenvalue weighted by atomic mass is 10.00. The van der Waals surface area contributed by atoms with Crippen molar-refractivity contribution in [3.63, 3.8) is 0 Å². The Kier molecular flexibility index (Phi) is 10.0. The average molecular weight is 488 g/mol. The number of hydrogen-bond donors (Lipinski definition) is 1. The standard InChI is InChI=1S/C26H33NO6S/c1-18-15-19(2)25(20(3)16-18)34(30,31)27-23(17-21-9-7-6-8-10-21)13-11-22(26(29)33-5)12-14-24(28)32-4/h6-11,13,15-16,22-23,27H,12,14,17H2,1-5H3. The third kappa shape index (κ3) is 7.81. The lowest BCUT2D eigenvalue weighted by Crippen LogP contribution is -2.36. The molecule has 8 heteroatoms. The quantitative estimate of drug-likeness (QED) is 0.382. The van der Waals surface area contributed by atoms with Crippen molar-refractivity contribution in [1.82, 2.24) is 4.72 Å². The predicted molar refractivity (Wildman–Crippen MR) is 131 cm³/mol. The number of carbonyl (C=O) groups excluding carboxylic acids is 2. The van der Waals surface area contributed by atoms with Crippen molar-refractivity contribution < 1.29 is 27.5 Å². The number of aryl methyl sites for hydroxylation is 3. The van der Waals surface area contributed by atoms with Crippen LogP contribution in [0.25, 0.3) is 0 Å². The minimum atomic E-state index is -3.85. The van der Waals surface area contributed by atoms with E-state index in [4.69, 9.17) is 4.74 Å². The van der Waals surface area contributed by atoms with Gasteiger partial charge in [-0.15, -0.1) is 0 Å². The van der Waals surface area contributed by atoms with E-state index in [0.717, 1.165) is 11.1 Å². The van der Waals surface area contributed by atoms with Crippen LogP contribution in [-0.2, 0) is 35.5 Å². The molecule has 2 rings (SSSR count). The first-order chi connectivity index (χ1) is 16.1. The highest BCUT2D eigenvalue weighted by Gasteiger charge is 2.24. The van der Waals surface area contributed by atoms with Gasteiger partial charge in [-0.2, -0.15) is 0 Å². The molecule has 0 spiro atoms. The lowest BCUT2D eigenvalue weighted by Gasteiger charge is -2.19. The first kappa shape index (κ1) is 27.3. The fraction of sp³-hybridized carbons (Fsp3) is 0.385. The molecule has 0 amide bonds. The second-order valence-corrected chi connectivity index (χ2v) is 9.93. The Morgan fingerprint density at radius 2 is 1.59 bits per heavy atom. The minimum absolute atomic E-state index is 0.0391. The molecule has 2 atom stereocenters. The first-order valence-corrected chi connectivity index (χ1v) is 12.5. The van der Waals surface area contributed by atoms with Gasteiger partial charge in [-0.1, -0.05) is 60.2 Å². The number of sulfonamides is 1. The summed E-state index contributed by atoms with van der Waals surface area (Å²) in [7, 11) is -1.30. The summed E-state index contributed by atoms with van der Waals surface area (Å²) in [6.45, 7) is 5.47. The van der Waals surface area contributed by atoms with E-state index in [1.165, 1.54) is 14.2 Å². The molecule has 0 bridgehead atoms. The Morgan fingerprint density at radius 3 is 2.15 bits per heavy atom. The fourth-order valence-corrected chi connectivity index (χ4v) is 5.60. The number of hydrogen-bond acceptors (Lipinski definition) is 6. The van der Waals surface area contributed by atoms with Crippen molar-refractivity contribution in [3.8, 4) is 0 Å². The zero-order valence-electron chi connectivity index (χ0n) is 20.3. The number of ether oxygens (including phenoxy) is 2. The maximum Gasteiger partial charge on any atom is 0.312 e. The van der Waals surface area contributed by atoms with Crippen LogP contribution in [0.1, 0.15) is 35.1 Å². The van der Waals surface area contributed by atoms with Crippen LogP contribution in [0.4, 0.5) is 0 Å². The van der Waals surface area contributed by atoms with Crippen LogP contribution in [0.2, 0.25) is 0 Å². The Balaban J connectivity index is 2.37. The molecule has 184 valence electrons. The number of carbonyl (C=O) groups is 2. The fourth-order valence-electron chi connectivity index (χ4n) is 3.95. The molecular weight excluding hydrogens is 454 g/mol. The van der Waals surface area contributed by atoms with E-state index in [-0.39, 0.29) is 17.7 Å². The van der Waals surface area contributed by atoms with Crippen LogP contribution in [0.5, 0.6) is 0 Å². The van der Waals surface area contributed by atoms with Crippen molar-refractivity contribution in [1.29, 1.82) is 0 Å². The summed E-state index contributed by atoms with van der Waals surface area (Å²) in [6.07, 6.45) is 3.86. The van der Waals surface area contributed by atoms with Crippen molar-refractivity contribution in [3.05, 3.63) is 76.9 Å². The third-order valence-corrected chi connectivity index (χ3v) is 7.24. The SMILES string of the molecule is COC(=O)CCC(C=CC(Cc1ccccc1)NS(=O)(=O)c1c(C)cc(C)cc1C)C(=O)OC. The van der Waals surface area contributed by atoms with E-state index in [0.29, 0.717) is 17.5 Å². The second kappa shape index (κ2) is 12.5. The topological polar surface area (TPSA) is 98.8 Å². The van der Waals surface area contributed by atoms with Gasteiger partial charge in [0.05, 0.1) is 25.0 Å². The van der Waals surface area contributed by atoms with Crippen molar-refractivity contribution in [2.24, 2.45) is 5.92 Å². The molecule has 0 radical (unpaired) electrons. The predicted octanol–water partition coefficient (Wildman–Crippen LogP) is 3.80. The molecule has 1 N–H and O–H groups in total. The molecule has 0 saturated heterocycles. The first-order valence-electron chi connectivity index (χ1n) is 11.0. The molecule has 0 aromatic heterocycles. The van der Waals surface area contributed by atoms with Gasteiger partial charge in [-0.05, 0) is 50.3 Å². The number of esters is 2. The Bertz CT molecular complexity index is 1100. The summed E-state index contributed by atoms with van der Waals surface area (Å²) < 4.78 is 39.1. The summed E-state index contributed by atoms with van der Waals surface area (Å²) in [6, 6.07) is 12.5. The van der Waals surface area contributed by atoms with Crippen molar-refractivity contribution >= 4 is 22.0 Å². The summed E-state index contributed by atoms with van der Waals surface area (Å²) in [5.41, 5.74) is 3.25. The van der Waals surface area contributed by atoms with Gasteiger partial charge in [0.15, 0.2) is 0 Å². The molecule has 2 aromatic rings. The summed E-state index contributed by atoms with van der Waals surface area (Å²) in [5.74, 6) is -1.66. The monoisotopic (exact) mass is 487 g/mol.